The molecule has 2 aromatic rings. The molecule has 0 bridgehead atoms. The molecule has 24 heavy (non-hydrogen) atoms. The van der Waals surface area contributed by atoms with E-state index in [9.17, 15) is 18.0 Å². The van der Waals surface area contributed by atoms with Gasteiger partial charge in [0, 0.05) is 11.8 Å². The van der Waals surface area contributed by atoms with Gasteiger partial charge in [-0.25, -0.2) is 8.42 Å². The van der Waals surface area contributed by atoms with Gasteiger partial charge < -0.3 is 0 Å². The summed E-state index contributed by atoms with van der Waals surface area (Å²) in [7, 11) is -3.12. The fourth-order valence-corrected chi connectivity index (χ4v) is 2.88. The van der Waals surface area contributed by atoms with E-state index < -0.39 is 15.7 Å². The summed E-state index contributed by atoms with van der Waals surface area (Å²) in [5, 5.41) is 0. The topological polar surface area (TPSA) is 92.3 Å². The second-order valence-corrected chi connectivity index (χ2v) is 7.57. The molecular weight excluding hydrogens is 328 g/mol. The van der Waals surface area contributed by atoms with Crippen molar-refractivity contribution < 1.29 is 18.0 Å². The molecule has 0 aromatic heterocycles. The SMILES string of the molecule is CS(=O)(=O)Cc1ccc(C(=O)NNC(=O)Cc2ccccc2)cc1. The first-order valence-corrected chi connectivity index (χ1v) is 9.29. The maximum atomic E-state index is 12.0. The van der Waals surface area contributed by atoms with Gasteiger partial charge in [-0.15, -0.1) is 0 Å². The summed E-state index contributed by atoms with van der Waals surface area (Å²) < 4.78 is 22.4. The summed E-state index contributed by atoms with van der Waals surface area (Å²) in [6, 6.07) is 15.3. The standard InChI is InChI=1S/C17H18N2O4S/c1-24(22,23)12-14-7-9-15(10-8-14)17(21)19-18-16(20)11-13-5-3-2-4-6-13/h2-10H,11-12H2,1H3,(H,18,20)(H,19,21). The smallest absolute Gasteiger partial charge is 0.269 e. The van der Waals surface area contributed by atoms with Gasteiger partial charge in [0.1, 0.15) is 0 Å². The van der Waals surface area contributed by atoms with Crippen molar-refractivity contribution in [2.75, 3.05) is 6.26 Å². The largest absolute Gasteiger partial charge is 0.273 e. The fourth-order valence-electron chi connectivity index (χ4n) is 2.08. The Morgan fingerprint density at radius 2 is 1.50 bits per heavy atom. The Hall–Kier alpha value is -2.67. The molecule has 0 atom stereocenters. The Kier molecular flexibility index (Phi) is 5.70. The minimum absolute atomic E-state index is 0.0806. The Labute approximate surface area is 140 Å². The number of rotatable bonds is 5. The third-order valence-corrected chi connectivity index (χ3v) is 4.03. The number of hydrazine groups is 1. The summed E-state index contributed by atoms with van der Waals surface area (Å²) in [6.07, 6.45) is 1.31. The summed E-state index contributed by atoms with van der Waals surface area (Å²) >= 11 is 0. The first kappa shape index (κ1) is 17.7. The molecule has 7 heteroatoms. The van der Waals surface area contributed by atoms with E-state index in [0.717, 1.165) is 11.8 Å². The van der Waals surface area contributed by atoms with E-state index in [-0.39, 0.29) is 18.1 Å². The van der Waals surface area contributed by atoms with E-state index in [0.29, 0.717) is 11.1 Å². The lowest BCUT2D eigenvalue weighted by molar-refractivity contribution is -0.121. The summed E-state index contributed by atoms with van der Waals surface area (Å²) in [6.45, 7) is 0. The molecule has 2 amide bonds. The Morgan fingerprint density at radius 3 is 2.08 bits per heavy atom. The molecule has 0 aliphatic heterocycles. The second kappa shape index (κ2) is 7.74. The quantitative estimate of drug-likeness (QED) is 0.797. The number of carbonyl (C=O) groups excluding carboxylic acids is 2. The molecule has 6 nitrogen and oxygen atoms in total. The number of hydrogen-bond acceptors (Lipinski definition) is 4. The first-order valence-electron chi connectivity index (χ1n) is 7.23. The van der Waals surface area contributed by atoms with Crippen LogP contribution in [0.15, 0.2) is 54.6 Å². The van der Waals surface area contributed by atoms with Gasteiger partial charge in [-0.2, -0.15) is 0 Å². The average molecular weight is 346 g/mol. The van der Waals surface area contributed by atoms with Crippen molar-refractivity contribution in [2.24, 2.45) is 0 Å². The van der Waals surface area contributed by atoms with Gasteiger partial charge in [-0.3, -0.25) is 20.4 Å². The van der Waals surface area contributed by atoms with Crippen LogP contribution in [0.3, 0.4) is 0 Å². The molecule has 0 spiro atoms. The van der Waals surface area contributed by atoms with Gasteiger partial charge in [-0.1, -0.05) is 42.5 Å². The van der Waals surface area contributed by atoms with Crippen LogP contribution in [0.25, 0.3) is 0 Å². The molecule has 0 saturated heterocycles. The minimum Gasteiger partial charge on any atom is -0.273 e. The highest BCUT2D eigenvalue weighted by Gasteiger charge is 2.09. The van der Waals surface area contributed by atoms with E-state index in [1.807, 2.05) is 30.3 Å². The molecule has 0 aliphatic carbocycles. The van der Waals surface area contributed by atoms with Crippen LogP contribution in [0, 0.1) is 0 Å². The zero-order valence-corrected chi connectivity index (χ0v) is 14.0. The number of amides is 2. The van der Waals surface area contributed by atoms with Gasteiger partial charge in [0.05, 0.1) is 12.2 Å². The zero-order valence-electron chi connectivity index (χ0n) is 13.2. The Morgan fingerprint density at radius 1 is 0.875 bits per heavy atom. The number of sulfone groups is 1. The van der Waals surface area contributed by atoms with Gasteiger partial charge in [0.2, 0.25) is 5.91 Å². The average Bonchev–Trinajstić information content (AvgIpc) is 2.53. The number of carbonyl (C=O) groups is 2. The molecule has 126 valence electrons. The predicted octanol–water partition coefficient (Wildman–Crippen LogP) is 1.23. The monoisotopic (exact) mass is 346 g/mol. The summed E-state index contributed by atoms with van der Waals surface area (Å²) in [4.78, 5) is 23.7. The minimum atomic E-state index is -3.12. The third kappa shape index (κ3) is 5.85. The number of hydrogen-bond donors (Lipinski definition) is 2. The van der Waals surface area contributed by atoms with Crippen molar-refractivity contribution in [1.29, 1.82) is 0 Å². The van der Waals surface area contributed by atoms with Crippen molar-refractivity contribution in [2.45, 2.75) is 12.2 Å². The highest BCUT2D eigenvalue weighted by atomic mass is 32.2. The van der Waals surface area contributed by atoms with E-state index in [1.54, 1.807) is 12.1 Å². The van der Waals surface area contributed by atoms with Crippen LogP contribution in [0.2, 0.25) is 0 Å². The van der Waals surface area contributed by atoms with E-state index in [2.05, 4.69) is 10.9 Å². The van der Waals surface area contributed by atoms with E-state index in [1.165, 1.54) is 12.1 Å². The van der Waals surface area contributed by atoms with Crippen LogP contribution in [0.5, 0.6) is 0 Å². The Balaban J connectivity index is 1.87. The van der Waals surface area contributed by atoms with Crippen molar-refractivity contribution in [3.05, 3.63) is 71.3 Å². The maximum absolute atomic E-state index is 12.0. The molecular formula is C17H18N2O4S. The Bertz CT molecular complexity index is 815. The molecule has 2 aromatic carbocycles. The molecule has 0 aliphatic rings. The fraction of sp³-hybridized carbons (Fsp3) is 0.176. The maximum Gasteiger partial charge on any atom is 0.269 e. The van der Waals surface area contributed by atoms with Crippen LogP contribution >= 0.6 is 0 Å². The molecule has 2 rings (SSSR count). The molecule has 0 saturated carbocycles. The third-order valence-electron chi connectivity index (χ3n) is 3.17. The molecule has 0 fully saturated rings. The zero-order chi connectivity index (χ0) is 17.6. The van der Waals surface area contributed by atoms with Crippen LogP contribution in [-0.2, 0) is 26.8 Å². The lowest BCUT2D eigenvalue weighted by Gasteiger charge is -2.08. The van der Waals surface area contributed by atoms with E-state index >= 15 is 0 Å². The second-order valence-electron chi connectivity index (χ2n) is 5.43. The van der Waals surface area contributed by atoms with E-state index in [4.69, 9.17) is 0 Å². The van der Waals surface area contributed by atoms with Gasteiger partial charge >= 0.3 is 0 Å². The van der Waals surface area contributed by atoms with Crippen molar-refractivity contribution in [1.82, 2.24) is 10.9 Å². The van der Waals surface area contributed by atoms with Crippen LogP contribution in [0.4, 0.5) is 0 Å². The summed E-state index contributed by atoms with van der Waals surface area (Å²) in [5.74, 6) is -0.881. The van der Waals surface area contributed by atoms with Crippen LogP contribution in [0.1, 0.15) is 21.5 Å². The van der Waals surface area contributed by atoms with Gasteiger partial charge in [-0.05, 0) is 23.3 Å². The number of benzene rings is 2. The molecule has 0 radical (unpaired) electrons. The first-order chi connectivity index (χ1) is 11.3. The summed E-state index contributed by atoms with van der Waals surface area (Å²) in [5.41, 5.74) is 6.45. The highest BCUT2D eigenvalue weighted by molar-refractivity contribution is 7.89. The number of nitrogens with one attached hydrogen (secondary N) is 2. The van der Waals surface area contributed by atoms with Crippen molar-refractivity contribution in [3.63, 3.8) is 0 Å². The molecule has 2 N–H and O–H groups in total. The lowest BCUT2D eigenvalue weighted by Crippen LogP contribution is -2.42. The molecule has 0 unspecified atom stereocenters. The predicted molar refractivity (Wildman–Crippen MR) is 90.7 cm³/mol. The van der Waals surface area contributed by atoms with Gasteiger partial charge in [0.25, 0.3) is 5.91 Å². The van der Waals surface area contributed by atoms with Crippen LogP contribution < -0.4 is 10.9 Å². The lowest BCUT2D eigenvalue weighted by atomic mass is 10.1. The highest BCUT2D eigenvalue weighted by Crippen LogP contribution is 2.07. The normalized spacial score (nSPS) is 10.9. The van der Waals surface area contributed by atoms with Crippen molar-refractivity contribution in [3.8, 4) is 0 Å². The van der Waals surface area contributed by atoms with Gasteiger partial charge in [0.15, 0.2) is 9.84 Å². The molecule has 0 heterocycles. The van der Waals surface area contributed by atoms with Crippen molar-refractivity contribution >= 4 is 21.7 Å². The van der Waals surface area contributed by atoms with Crippen LogP contribution in [-0.4, -0.2) is 26.5 Å².